The van der Waals surface area contributed by atoms with Gasteiger partial charge < -0.3 is 24.8 Å². The van der Waals surface area contributed by atoms with Crippen molar-refractivity contribution < 1.29 is 19.0 Å². The van der Waals surface area contributed by atoms with Crippen molar-refractivity contribution in [3.63, 3.8) is 0 Å². The molecule has 6 nitrogen and oxygen atoms in total. The van der Waals surface area contributed by atoms with Crippen LogP contribution in [0.2, 0.25) is 0 Å². The second-order valence-electron chi connectivity index (χ2n) is 6.11. The van der Waals surface area contributed by atoms with E-state index in [1.54, 1.807) is 21.3 Å². The summed E-state index contributed by atoms with van der Waals surface area (Å²) < 4.78 is 16.1. The second-order valence-corrected chi connectivity index (χ2v) is 6.11. The Morgan fingerprint density at radius 1 is 1.20 bits per heavy atom. The lowest BCUT2D eigenvalue weighted by atomic mass is 9.92. The Kier molecular flexibility index (Phi) is 8.86. The predicted molar refractivity (Wildman–Crippen MR) is 100 cm³/mol. The van der Waals surface area contributed by atoms with Crippen molar-refractivity contribution in [2.75, 3.05) is 34.4 Å². The average Bonchev–Trinajstić information content (AvgIpc) is 2.60. The minimum absolute atomic E-state index is 0. The van der Waals surface area contributed by atoms with Crippen LogP contribution in [0.3, 0.4) is 0 Å². The summed E-state index contributed by atoms with van der Waals surface area (Å²) in [5, 5.41) is 6.41. The zero-order chi connectivity index (χ0) is 17.5. The number of carbonyl (C=O) groups excluding carboxylic acids is 1. The molecule has 1 heterocycles. The van der Waals surface area contributed by atoms with Crippen molar-refractivity contribution in [2.24, 2.45) is 5.92 Å². The maximum Gasteiger partial charge on any atom is 0.223 e. The first-order chi connectivity index (χ1) is 11.6. The number of benzene rings is 1. The molecule has 0 radical (unpaired) electrons. The monoisotopic (exact) mass is 372 g/mol. The third kappa shape index (κ3) is 5.41. The molecule has 0 spiro atoms. The molecule has 0 aliphatic carbocycles. The molecule has 7 heteroatoms. The van der Waals surface area contributed by atoms with Crippen molar-refractivity contribution in [2.45, 2.75) is 32.2 Å². The van der Waals surface area contributed by atoms with Gasteiger partial charge in [0.15, 0.2) is 11.5 Å². The van der Waals surface area contributed by atoms with E-state index in [9.17, 15) is 4.79 Å². The molecular formula is C18H29ClN2O4. The molecule has 1 saturated heterocycles. The molecule has 0 bridgehead atoms. The lowest BCUT2D eigenvalue weighted by Gasteiger charge is -2.27. The van der Waals surface area contributed by atoms with E-state index in [2.05, 4.69) is 17.6 Å². The first-order valence-corrected chi connectivity index (χ1v) is 8.39. The van der Waals surface area contributed by atoms with Gasteiger partial charge in [0.05, 0.1) is 21.3 Å². The summed E-state index contributed by atoms with van der Waals surface area (Å²) in [6.07, 6.45) is 2.47. The Morgan fingerprint density at radius 2 is 1.92 bits per heavy atom. The SMILES string of the molecule is COc1ccc(CCNC(=O)[C@H]2CCN[C@@H](C)C2)c(OC)c1OC.Cl. The fourth-order valence-electron chi connectivity index (χ4n) is 3.19. The van der Waals surface area contributed by atoms with Crippen molar-refractivity contribution in [1.82, 2.24) is 10.6 Å². The van der Waals surface area contributed by atoms with Crippen molar-refractivity contribution in [3.05, 3.63) is 17.7 Å². The Morgan fingerprint density at radius 3 is 2.52 bits per heavy atom. The van der Waals surface area contributed by atoms with E-state index in [0.29, 0.717) is 36.3 Å². The van der Waals surface area contributed by atoms with Crippen LogP contribution in [0.4, 0.5) is 0 Å². The molecule has 2 rings (SSSR count). The normalized spacial score (nSPS) is 19.5. The minimum Gasteiger partial charge on any atom is -0.493 e. The van der Waals surface area contributed by atoms with Gasteiger partial charge in [-0.3, -0.25) is 4.79 Å². The predicted octanol–water partition coefficient (Wildman–Crippen LogP) is 2.18. The first kappa shape index (κ1) is 21.4. The minimum atomic E-state index is 0. The van der Waals surface area contributed by atoms with Crippen LogP contribution < -0.4 is 24.8 Å². The molecule has 2 atom stereocenters. The second kappa shape index (κ2) is 10.4. The third-order valence-electron chi connectivity index (χ3n) is 4.47. The molecule has 1 amide bonds. The molecular weight excluding hydrogens is 344 g/mol. The van der Waals surface area contributed by atoms with Gasteiger partial charge in [-0.25, -0.2) is 0 Å². The van der Waals surface area contributed by atoms with Crippen LogP contribution in [0.15, 0.2) is 12.1 Å². The third-order valence-corrected chi connectivity index (χ3v) is 4.47. The molecule has 0 unspecified atom stereocenters. The van der Waals surface area contributed by atoms with E-state index in [-0.39, 0.29) is 24.2 Å². The number of methoxy groups -OCH3 is 3. The number of ether oxygens (including phenoxy) is 3. The average molecular weight is 373 g/mol. The molecule has 2 N–H and O–H groups in total. The van der Waals surface area contributed by atoms with Crippen LogP contribution in [0.5, 0.6) is 17.2 Å². The van der Waals surface area contributed by atoms with Gasteiger partial charge >= 0.3 is 0 Å². The van der Waals surface area contributed by atoms with Gasteiger partial charge in [0.25, 0.3) is 0 Å². The van der Waals surface area contributed by atoms with Crippen molar-refractivity contribution >= 4 is 18.3 Å². The van der Waals surface area contributed by atoms with E-state index >= 15 is 0 Å². The topological polar surface area (TPSA) is 68.8 Å². The maximum atomic E-state index is 12.3. The van der Waals surface area contributed by atoms with Gasteiger partial charge in [0.1, 0.15) is 0 Å². The van der Waals surface area contributed by atoms with E-state index in [4.69, 9.17) is 14.2 Å². The number of halogens is 1. The number of piperidine rings is 1. The van der Waals surface area contributed by atoms with Gasteiger partial charge in [-0.05, 0) is 38.8 Å². The number of hydrogen-bond donors (Lipinski definition) is 2. The van der Waals surface area contributed by atoms with E-state index in [1.165, 1.54) is 0 Å². The lowest BCUT2D eigenvalue weighted by Crippen LogP contribution is -2.42. The summed E-state index contributed by atoms with van der Waals surface area (Å²) in [7, 11) is 4.79. The van der Waals surface area contributed by atoms with Gasteiger partial charge in [-0.1, -0.05) is 6.07 Å². The van der Waals surface area contributed by atoms with Gasteiger partial charge in [-0.2, -0.15) is 0 Å². The van der Waals surface area contributed by atoms with Gasteiger partial charge in [-0.15, -0.1) is 12.4 Å². The van der Waals surface area contributed by atoms with Crippen LogP contribution in [-0.2, 0) is 11.2 Å². The molecule has 142 valence electrons. The van der Waals surface area contributed by atoms with Crippen molar-refractivity contribution in [1.29, 1.82) is 0 Å². The summed E-state index contributed by atoms with van der Waals surface area (Å²) in [4.78, 5) is 12.3. The molecule has 1 aromatic carbocycles. The first-order valence-electron chi connectivity index (χ1n) is 8.39. The number of carbonyl (C=O) groups is 1. The summed E-state index contributed by atoms with van der Waals surface area (Å²) in [5.41, 5.74) is 0.981. The number of hydrogen-bond acceptors (Lipinski definition) is 5. The molecule has 1 aliphatic rings. The number of rotatable bonds is 7. The van der Waals surface area contributed by atoms with Crippen LogP contribution in [-0.4, -0.2) is 46.4 Å². The smallest absolute Gasteiger partial charge is 0.223 e. The fraction of sp³-hybridized carbons (Fsp3) is 0.611. The number of nitrogens with one attached hydrogen (secondary N) is 2. The van der Waals surface area contributed by atoms with E-state index in [1.807, 2.05) is 12.1 Å². The Bertz CT molecular complexity index is 568. The molecule has 1 fully saturated rings. The molecule has 1 aromatic rings. The highest BCUT2D eigenvalue weighted by Crippen LogP contribution is 2.39. The molecule has 1 aliphatic heterocycles. The Labute approximate surface area is 156 Å². The number of amides is 1. The molecule has 0 aromatic heterocycles. The highest BCUT2D eigenvalue weighted by molar-refractivity contribution is 5.85. The van der Waals surface area contributed by atoms with Crippen LogP contribution in [0.1, 0.15) is 25.3 Å². The lowest BCUT2D eigenvalue weighted by molar-refractivity contribution is -0.126. The Hall–Kier alpha value is -1.66. The molecule has 25 heavy (non-hydrogen) atoms. The highest BCUT2D eigenvalue weighted by Gasteiger charge is 2.24. The van der Waals surface area contributed by atoms with E-state index in [0.717, 1.165) is 24.9 Å². The Balaban J connectivity index is 0.00000312. The van der Waals surface area contributed by atoms with Crippen LogP contribution in [0.25, 0.3) is 0 Å². The molecule has 0 saturated carbocycles. The largest absolute Gasteiger partial charge is 0.493 e. The zero-order valence-corrected chi connectivity index (χ0v) is 16.2. The summed E-state index contributed by atoms with van der Waals surface area (Å²) >= 11 is 0. The summed E-state index contributed by atoms with van der Waals surface area (Å²) in [5.74, 6) is 2.11. The zero-order valence-electron chi connectivity index (χ0n) is 15.4. The maximum absolute atomic E-state index is 12.3. The fourth-order valence-corrected chi connectivity index (χ4v) is 3.19. The highest BCUT2D eigenvalue weighted by atomic mass is 35.5. The van der Waals surface area contributed by atoms with Gasteiger partial charge in [0, 0.05) is 24.1 Å². The summed E-state index contributed by atoms with van der Waals surface area (Å²) in [6.45, 7) is 3.60. The van der Waals surface area contributed by atoms with Crippen molar-refractivity contribution in [3.8, 4) is 17.2 Å². The quantitative estimate of drug-likeness (QED) is 0.767. The van der Waals surface area contributed by atoms with Crippen LogP contribution >= 0.6 is 12.4 Å². The van der Waals surface area contributed by atoms with E-state index < -0.39 is 0 Å². The standard InChI is InChI=1S/C18H28N2O4.ClH/c1-12-11-14(8-9-19-12)18(21)20-10-7-13-5-6-15(22-2)17(24-4)16(13)23-3;/h5-6,12,14,19H,7-11H2,1-4H3,(H,20,21);1H/t12-,14-;/m0./s1. The van der Waals surface area contributed by atoms with Gasteiger partial charge in [0.2, 0.25) is 11.7 Å². The summed E-state index contributed by atoms with van der Waals surface area (Å²) in [6, 6.07) is 4.20. The van der Waals surface area contributed by atoms with Crippen LogP contribution in [0, 0.1) is 5.92 Å².